The fourth-order valence-electron chi connectivity index (χ4n) is 1.48. The van der Waals surface area contributed by atoms with E-state index in [1.54, 1.807) is 6.26 Å². The zero-order chi connectivity index (χ0) is 7.68. The van der Waals surface area contributed by atoms with Crippen molar-refractivity contribution >= 4 is 15.9 Å². The summed E-state index contributed by atoms with van der Waals surface area (Å²) in [5.41, 5.74) is 0. The van der Waals surface area contributed by atoms with Gasteiger partial charge in [-0.15, -0.1) is 0 Å². The largest absolute Gasteiger partial charge is 0.468 e. The Balaban J connectivity index is 2.21. The van der Waals surface area contributed by atoms with Crippen LogP contribution >= 0.6 is 15.9 Å². The van der Waals surface area contributed by atoms with Crippen LogP contribution in [0.4, 0.5) is 0 Å². The van der Waals surface area contributed by atoms with Crippen LogP contribution < -0.4 is 5.32 Å². The number of hydrogen-bond acceptors (Lipinski definition) is 2. The summed E-state index contributed by atoms with van der Waals surface area (Å²) in [6.45, 7) is 2.16. The van der Waals surface area contributed by atoms with Crippen molar-refractivity contribution in [3.05, 3.63) is 22.6 Å². The first-order chi connectivity index (χ1) is 5.38. The van der Waals surface area contributed by atoms with Crippen molar-refractivity contribution in [2.24, 2.45) is 0 Å². The highest BCUT2D eigenvalue weighted by Gasteiger charge is 2.21. The van der Waals surface area contributed by atoms with Crippen molar-refractivity contribution < 1.29 is 4.42 Å². The monoisotopic (exact) mass is 215 g/mol. The minimum Gasteiger partial charge on any atom is -0.468 e. The van der Waals surface area contributed by atoms with E-state index in [0.717, 1.165) is 23.3 Å². The average Bonchev–Trinajstić information content (AvgIpc) is 2.55. The van der Waals surface area contributed by atoms with Crippen molar-refractivity contribution in [2.45, 2.75) is 12.3 Å². The molecule has 0 radical (unpaired) electrons. The lowest BCUT2D eigenvalue weighted by molar-refractivity contribution is 0.471. The molecule has 0 spiro atoms. The molecule has 0 aromatic carbocycles. The number of furan rings is 1. The van der Waals surface area contributed by atoms with E-state index in [-0.39, 0.29) is 0 Å². The number of nitrogens with one attached hydrogen (secondary N) is 1. The molecule has 2 nitrogen and oxygen atoms in total. The van der Waals surface area contributed by atoms with Crippen LogP contribution in [0.15, 0.2) is 21.2 Å². The number of rotatable bonds is 1. The molecule has 0 aliphatic carbocycles. The van der Waals surface area contributed by atoms with Gasteiger partial charge in [0.1, 0.15) is 5.76 Å². The lowest BCUT2D eigenvalue weighted by atomic mass is 10.1. The molecular weight excluding hydrogens is 206 g/mol. The van der Waals surface area contributed by atoms with Crippen LogP contribution in [0.3, 0.4) is 0 Å². The highest BCUT2D eigenvalue weighted by molar-refractivity contribution is 9.10. The Bertz CT molecular complexity index is 240. The van der Waals surface area contributed by atoms with Gasteiger partial charge in [0, 0.05) is 12.5 Å². The van der Waals surface area contributed by atoms with Crippen molar-refractivity contribution in [3.8, 4) is 0 Å². The van der Waals surface area contributed by atoms with Gasteiger partial charge in [-0.25, -0.2) is 0 Å². The maximum atomic E-state index is 5.36. The van der Waals surface area contributed by atoms with E-state index in [2.05, 4.69) is 21.2 Å². The molecule has 1 N–H and O–H groups in total. The van der Waals surface area contributed by atoms with Gasteiger partial charge in [0.15, 0.2) is 0 Å². The highest BCUT2D eigenvalue weighted by atomic mass is 79.9. The average molecular weight is 216 g/mol. The fourth-order valence-corrected chi connectivity index (χ4v) is 2.00. The van der Waals surface area contributed by atoms with Crippen LogP contribution in [-0.2, 0) is 0 Å². The van der Waals surface area contributed by atoms with Crippen LogP contribution in [0.1, 0.15) is 18.1 Å². The second-order valence-electron chi connectivity index (χ2n) is 2.82. The van der Waals surface area contributed by atoms with E-state index < -0.39 is 0 Å². The Morgan fingerprint density at radius 1 is 1.64 bits per heavy atom. The third-order valence-corrected chi connectivity index (χ3v) is 2.73. The first-order valence-corrected chi connectivity index (χ1v) is 4.61. The Labute approximate surface area is 74.1 Å². The third-order valence-electron chi connectivity index (χ3n) is 2.08. The second kappa shape index (κ2) is 2.99. The van der Waals surface area contributed by atoms with Gasteiger partial charge in [0.25, 0.3) is 0 Å². The van der Waals surface area contributed by atoms with Crippen molar-refractivity contribution in [1.82, 2.24) is 5.32 Å². The fraction of sp³-hybridized carbons (Fsp3) is 0.500. The van der Waals surface area contributed by atoms with Crippen LogP contribution in [0.2, 0.25) is 0 Å². The summed E-state index contributed by atoms with van der Waals surface area (Å²) in [5, 5.41) is 3.31. The molecule has 0 saturated carbocycles. The van der Waals surface area contributed by atoms with Crippen LogP contribution in [0.5, 0.6) is 0 Å². The van der Waals surface area contributed by atoms with Crippen molar-refractivity contribution in [2.75, 3.05) is 13.1 Å². The molecule has 0 bridgehead atoms. The summed E-state index contributed by atoms with van der Waals surface area (Å²) in [6, 6.07) is 1.95. The first kappa shape index (κ1) is 7.37. The van der Waals surface area contributed by atoms with E-state index in [9.17, 15) is 0 Å². The molecule has 1 unspecified atom stereocenters. The van der Waals surface area contributed by atoms with E-state index in [0.29, 0.717) is 5.92 Å². The van der Waals surface area contributed by atoms with Crippen molar-refractivity contribution in [3.63, 3.8) is 0 Å². The van der Waals surface area contributed by atoms with Gasteiger partial charge in [-0.05, 0) is 35.0 Å². The normalized spacial score (nSPS) is 24.3. The summed E-state index contributed by atoms with van der Waals surface area (Å²) in [6.07, 6.45) is 2.92. The summed E-state index contributed by atoms with van der Waals surface area (Å²) in [5.74, 6) is 1.66. The molecule has 1 aromatic heterocycles. The van der Waals surface area contributed by atoms with Crippen LogP contribution in [0, 0.1) is 0 Å². The Morgan fingerprint density at radius 3 is 3.09 bits per heavy atom. The third kappa shape index (κ3) is 1.35. The lowest BCUT2D eigenvalue weighted by Gasteiger charge is -2.03. The summed E-state index contributed by atoms with van der Waals surface area (Å²) < 4.78 is 6.46. The lowest BCUT2D eigenvalue weighted by Crippen LogP contribution is -2.07. The summed E-state index contributed by atoms with van der Waals surface area (Å²) >= 11 is 3.45. The van der Waals surface area contributed by atoms with E-state index in [1.165, 1.54) is 6.42 Å². The zero-order valence-electron chi connectivity index (χ0n) is 6.14. The molecule has 0 amide bonds. The minimum absolute atomic E-state index is 0.569. The number of halogens is 1. The van der Waals surface area contributed by atoms with Gasteiger partial charge in [0.2, 0.25) is 0 Å². The van der Waals surface area contributed by atoms with E-state index in [1.807, 2.05) is 6.07 Å². The Morgan fingerprint density at radius 2 is 2.55 bits per heavy atom. The highest BCUT2D eigenvalue weighted by Crippen LogP contribution is 2.29. The molecule has 1 aliphatic heterocycles. The zero-order valence-corrected chi connectivity index (χ0v) is 7.73. The SMILES string of the molecule is Brc1ccoc1C1CCNC1. The molecule has 1 aliphatic rings. The quantitative estimate of drug-likeness (QED) is 0.777. The molecule has 60 valence electrons. The summed E-state index contributed by atoms with van der Waals surface area (Å²) in [7, 11) is 0. The Hall–Kier alpha value is -0.280. The first-order valence-electron chi connectivity index (χ1n) is 3.81. The standard InChI is InChI=1S/C8H10BrNO/c9-7-2-4-11-8(7)6-1-3-10-5-6/h2,4,6,10H,1,3,5H2. The molecular formula is C8H10BrNO. The molecule has 3 heteroatoms. The smallest absolute Gasteiger partial charge is 0.122 e. The van der Waals surface area contributed by atoms with Gasteiger partial charge in [-0.2, -0.15) is 0 Å². The molecule has 11 heavy (non-hydrogen) atoms. The molecule has 1 saturated heterocycles. The van der Waals surface area contributed by atoms with Gasteiger partial charge in [-0.1, -0.05) is 0 Å². The topological polar surface area (TPSA) is 25.2 Å². The molecule has 1 aromatic rings. The molecule has 2 rings (SSSR count). The van der Waals surface area contributed by atoms with Crippen LogP contribution in [-0.4, -0.2) is 13.1 Å². The minimum atomic E-state index is 0.569. The van der Waals surface area contributed by atoms with E-state index in [4.69, 9.17) is 4.42 Å². The molecule has 1 atom stereocenters. The maximum Gasteiger partial charge on any atom is 0.122 e. The molecule has 1 fully saturated rings. The predicted octanol–water partition coefficient (Wildman–Crippen LogP) is 2.12. The van der Waals surface area contributed by atoms with Gasteiger partial charge < -0.3 is 9.73 Å². The van der Waals surface area contributed by atoms with Crippen molar-refractivity contribution in [1.29, 1.82) is 0 Å². The van der Waals surface area contributed by atoms with Crippen LogP contribution in [0.25, 0.3) is 0 Å². The Kier molecular flexibility index (Phi) is 2.00. The maximum absolute atomic E-state index is 5.36. The van der Waals surface area contributed by atoms with Gasteiger partial charge >= 0.3 is 0 Å². The van der Waals surface area contributed by atoms with Gasteiger partial charge in [0.05, 0.1) is 10.7 Å². The second-order valence-corrected chi connectivity index (χ2v) is 3.68. The number of hydrogen-bond donors (Lipinski definition) is 1. The predicted molar refractivity (Wildman–Crippen MR) is 46.6 cm³/mol. The summed E-state index contributed by atoms with van der Waals surface area (Å²) in [4.78, 5) is 0. The molecule has 2 heterocycles. The van der Waals surface area contributed by atoms with E-state index >= 15 is 0 Å². The van der Waals surface area contributed by atoms with Gasteiger partial charge in [-0.3, -0.25) is 0 Å².